The number of hydrogen-bond acceptors (Lipinski definition) is 3. The van der Waals surface area contributed by atoms with E-state index in [1.165, 1.54) is 12.1 Å². The maximum Gasteiger partial charge on any atom is 0.159 e. The molecule has 3 nitrogen and oxygen atoms in total. The zero-order valence-electron chi connectivity index (χ0n) is 11.2. The first-order valence-electron chi connectivity index (χ1n) is 6.04. The third-order valence-corrected chi connectivity index (χ3v) is 2.88. The Kier molecular flexibility index (Phi) is 4.40. The van der Waals surface area contributed by atoms with Crippen LogP contribution >= 0.6 is 0 Å². The zero-order chi connectivity index (χ0) is 14.5. The van der Waals surface area contributed by atoms with Gasteiger partial charge in [0.2, 0.25) is 0 Å². The predicted molar refractivity (Wildman–Crippen MR) is 73.2 cm³/mol. The quantitative estimate of drug-likeness (QED) is 0.907. The van der Waals surface area contributed by atoms with E-state index in [9.17, 15) is 8.78 Å². The van der Waals surface area contributed by atoms with E-state index in [-0.39, 0.29) is 0 Å². The first kappa shape index (κ1) is 14.1. The average Bonchev–Trinajstić information content (AvgIpc) is 2.48. The van der Waals surface area contributed by atoms with E-state index in [0.29, 0.717) is 23.6 Å². The Morgan fingerprint density at radius 3 is 2.40 bits per heavy atom. The number of ether oxygens (including phenoxy) is 2. The summed E-state index contributed by atoms with van der Waals surface area (Å²) in [6.45, 7) is 0.361. The van der Waals surface area contributed by atoms with Crippen LogP contribution in [0.3, 0.4) is 0 Å². The summed E-state index contributed by atoms with van der Waals surface area (Å²) in [5, 5.41) is 3.11. The molecule has 0 bridgehead atoms. The highest BCUT2D eigenvalue weighted by Crippen LogP contribution is 2.29. The number of nitrogens with one attached hydrogen (secondary N) is 1. The molecule has 0 atom stereocenters. The topological polar surface area (TPSA) is 30.5 Å². The molecule has 2 aromatic carbocycles. The van der Waals surface area contributed by atoms with Crippen LogP contribution in [0, 0.1) is 11.6 Å². The van der Waals surface area contributed by atoms with E-state index in [1.54, 1.807) is 32.4 Å². The van der Waals surface area contributed by atoms with Crippen LogP contribution in [0.4, 0.5) is 14.5 Å². The summed E-state index contributed by atoms with van der Waals surface area (Å²) < 4.78 is 36.3. The van der Waals surface area contributed by atoms with Crippen molar-refractivity contribution in [3.05, 3.63) is 53.6 Å². The summed E-state index contributed by atoms with van der Waals surface area (Å²) in [4.78, 5) is 0. The molecule has 0 aromatic heterocycles. The lowest BCUT2D eigenvalue weighted by atomic mass is 10.2. The number of methoxy groups -OCH3 is 2. The molecule has 20 heavy (non-hydrogen) atoms. The second-order valence-corrected chi connectivity index (χ2v) is 4.17. The predicted octanol–water partition coefficient (Wildman–Crippen LogP) is 3.59. The fourth-order valence-corrected chi connectivity index (χ4v) is 1.79. The van der Waals surface area contributed by atoms with Crippen LogP contribution in [0.15, 0.2) is 36.4 Å². The van der Waals surface area contributed by atoms with E-state index < -0.39 is 11.6 Å². The zero-order valence-corrected chi connectivity index (χ0v) is 11.2. The van der Waals surface area contributed by atoms with Crippen molar-refractivity contribution >= 4 is 5.69 Å². The highest BCUT2D eigenvalue weighted by Gasteiger charge is 2.06. The molecule has 0 saturated heterocycles. The van der Waals surface area contributed by atoms with Crippen molar-refractivity contribution in [2.24, 2.45) is 0 Å². The van der Waals surface area contributed by atoms with Gasteiger partial charge >= 0.3 is 0 Å². The highest BCUT2D eigenvalue weighted by molar-refractivity contribution is 5.59. The van der Waals surface area contributed by atoms with Gasteiger partial charge in [-0.05, 0) is 29.8 Å². The Hall–Kier alpha value is -2.30. The minimum Gasteiger partial charge on any atom is -0.497 e. The lowest BCUT2D eigenvalue weighted by Gasteiger charge is -2.12. The van der Waals surface area contributed by atoms with Crippen LogP contribution in [0.5, 0.6) is 11.5 Å². The third kappa shape index (κ3) is 3.17. The molecule has 106 valence electrons. The fourth-order valence-electron chi connectivity index (χ4n) is 1.79. The van der Waals surface area contributed by atoms with E-state index in [0.717, 1.165) is 11.8 Å². The van der Waals surface area contributed by atoms with Gasteiger partial charge in [-0.15, -0.1) is 0 Å². The van der Waals surface area contributed by atoms with Gasteiger partial charge < -0.3 is 14.8 Å². The van der Waals surface area contributed by atoms with Gasteiger partial charge in [-0.3, -0.25) is 0 Å². The van der Waals surface area contributed by atoms with Gasteiger partial charge in [-0.25, -0.2) is 8.78 Å². The summed E-state index contributed by atoms with van der Waals surface area (Å²) >= 11 is 0. The summed E-state index contributed by atoms with van der Waals surface area (Å²) in [5.41, 5.74) is 1.39. The molecular weight excluding hydrogens is 264 g/mol. The first-order valence-corrected chi connectivity index (χ1v) is 6.04. The molecular formula is C15H15F2NO2. The molecule has 0 spiro atoms. The fraction of sp³-hybridized carbons (Fsp3) is 0.200. The molecule has 0 radical (unpaired) electrons. The molecule has 0 aliphatic carbocycles. The lowest BCUT2D eigenvalue weighted by Crippen LogP contribution is -2.02. The molecule has 0 aliphatic heterocycles. The van der Waals surface area contributed by atoms with Gasteiger partial charge in [0.15, 0.2) is 11.6 Å². The van der Waals surface area contributed by atoms with E-state index in [2.05, 4.69) is 5.32 Å². The molecule has 1 N–H and O–H groups in total. The van der Waals surface area contributed by atoms with Crippen LogP contribution in [0.1, 0.15) is 5.56 Å². The molecule has 0 unspecified atom stereocenters. The Morgan fingerprint density at radius 2 is 1.75 bits per heavy atom. The molecule has 0 aliphatic rings. The van der Waals surface area contributed by atoms with E-state index >= 15 is 0 Å². The Morgan fingerprint density at radius 1 is 0.950 bits per heavy atom. The summed E-state index contributed by atoms with van der Waals surface area (Å²) in [7, 11) is 3.13. The minimum absolute atomic E-state index is 0.361. The number of anilines is 1. The number of hydrogen-bond donors (Lipinski definition) is 1. The first-order chi connectivity index (χ1) is 9.63. The number of halogens is 2. The highest BCUT2D eigenvalue weighted by atomic mass is 19.2. The largest absolute Gasteiger partial charge is 0.497 e. The monoisotopic (exact) mass is 279 g/mol. The van der Waals surface area contributed by atoms with Gasteiger partial charge in [0.1, 0.15) is 11.5 Å². The Balaban J connectivity index is 2.12. The van der Waals surface area contributed by atoms with E-state index in [1.807, 2.05) is 0 Å². The summed E-state index contributed by atoms with van der Waals surface area (Å²) in [6, 6.07) is 9.14. The molecule has 5 heteroatoms. The Bertz CT molecular complexity index is 602. The van der Waals surface area contributed by atoms with Crippen LogP contribution < -0.4 is 14.8 Å². The SMILES string of the molecule is COc1ccc(NCc2ccc(F)c(F)c2)c(OC)c1. The molecule has 0 heterocycles. The summed E-state index contributed by atoms with van der Waals surface area (Å²) in [6.07, 6.45) is 0. The van der Waals surface area contributed by atoms with Gasteiger partial charge in [-0.2, -0.15) is 0 Å². The van der Waals surface area contributed by atoms with Crippen molar-refractivity contribution in [2.75, 3.05) is 19.5 Å². The molecule has 0 amide bonds. The Labute approximate surface area is 116 Å². The maximum absolute atomic E-state index is 13.1. The van der Waals surface area contributed by atoms with E-state index in [4.69, 9.17) is 9.47 Å². The second kappa shape index (κ2) is 6.23. The van der Waals surface area contributed by atoms with Crippen LogP contribution in [-0.4, -0.2) is 14.2 Å². The van der Waals surface area contributed by atoms with Crippen LogP contribution in [0.2, 0.25) is 0 Å². The second-order valence-electron chi connectivity index (χ2n) is 4.17. The molecule has 2 rings (SSSR count). The third-order valence-electron chi connectivity index (χ3n) is 2.88. The van der Waals surface area contributed by atoms with Crippen molar-refractivity contribution in [3.8, 4) is 11.5 Å². The van der Waals surface area contributed by atoms with Crippen molar-refractivity contribution in [3.63, 3.8) is 0 Å². The van der Waals surface area contributed by atoms with Crippen LogP contribution in [-0.2, 0) is 6.54 Å². The lowest BCUT2D eigenvalue weighted by molar-refractivity contribution is 0.395. The standard InChI is InChI=1S/C15H15F2NO2/c1-19-11-4-6-14(15(8-11)20-2)18-9-10-3-5-12(16)13(17)7-10/h3-8,18H,9H2,1-2H3. The molecule has 0 saturated carbocycles. The minimum atomic E-state index is -0.856. The van der Waals surface area contributed by atoms with Crippen molar-refractivity contribution < 1.29 is 18.3 Å². The van der Waals surface area contributed by atoms with Crippen LogP contribution in [0.25, 0.3) is 0 Å². The van der Waals surface area contributed by atoms with Gasteiger partial charge in [0.25, 0.3) is 0 Å². The average molecular weight is 279 g/mol. The number of benzene rings is 2. The molecule has 2 aromatic rings. The molecule has 0 fully saturated rings. The van der Waals surface area contributed by atoms with Crippen molar-refractivity contribution in [1.82, 2.24) is 0 Å². The normalized spacial score (nSPS) is 10.2. The van der Waals surface area contributed by atoms with Crippen molar-refractivity contribution in [2.45, 2.75) is 6.54 Å². The smallest absolute Gasteiger partial charge is 0.159 e. The summed E-state index contributed by atoms with van der Waals surface area (Å²) in [5.74, 6) is -0.408. The maximum atomic E-state index is 13.1. The van der Waals surface area contributed by atoms with Gasteiger partial charge in [0, 0.05) is 12.6 Å². The van der Waals surface area contributed by atoms with Crippen molar-refractivity contribution in [1.29, 1.82) is 0 Å². The van der Waals surface area contributed by atoms with Gasteiger partial charge in [-0.1, -0.05) is 6.07 Å². The number of rotatable bonds is 5. The van der Waals surface area contributed by atoms with Gasteiger partial charge in [0.05, 0.1) is 19.9 Å².